The molecular weight excluding hydrogens is 244 g/mol. The molecule has 1 saturated heterocycles. The second-order valence-corrected chi connectivity index (χ2v) is 5.22. The van der Waals surface area contributed by atoms with E-state index in [2.05, 4.69) is 4.98 Å². The van der Waals surface area contributed by atoms with Crippen LogP contribution in [0.4, 0.5) is 0 Å². The number of aryl methyl sites for hydroxylation is 2. The van der Waals surface area contributed by atoms with Crippen molar-refractivity contribution >= 4 is 11.9 Å². The van der Waals surface area contributed by atoms with Gasteiger partial charge in [0.1, 0.15) is 5.54 Å². The fraction of sp³-hybridized carbons (Fsp3) is 0.500. The van der Waals surface area contributed by atoms with E-state index in [1.54, 1.807) is 26.0 Å². The average Bonchev–Trinajstić information content (AvgIpc) is 2.72. The molecule has 5 heteroatoms. The summed E-state index contributed by atoms with van der Waals surface area (Å²) in [5, 5.41) is 9.34. The molecule has 0 spiro atoms. The van der Waals surface area contributed by atoms with Gasteiger partial charge in [-0.25, -0.2) is 4.79 Å². The highest BCUT2D eigenvalue weighted by atomic mass is 16.4. The summed E-state index contributed by atoms with van der Waals surface area (Å²) in [6.45, 7) is 5.72. The van der Waals surface area contributed by atoms with E-state index in [1.807, 2.05) is 6.92 Å². The molecule has 2 rings (SSSR count). The molecule has 0 aliphatic carbocycles. The molecule has 1 aliphatic heterocycles. The van der Waals surface area contributed by atoms with Crippen LogP contribution >= 0.6 is 0 Å². The van der Waals surface area contributed by atoms with E-state index in [0.29, 0.717) is 30.6 Å². The van der Waals surface area contributed by atoms with Gasteiger partial charge in [0.25, 0.3) is 5.91 Å². The van der Waals surface area contributed by atoms with Gasteiger partial charge in [-0.3, -0.25) is 9.78 Å². The molecule has 19 heavy (non-hydrogen) atoms. The first kappa shape index (κ1) is 13.5. The number of likely N-dealkylation sites (tertiary alicyclic amines) is 1. The van der Waals surface area contributed by atoms with E-state index in [-0.39, 0.29) is 5.91 Å². The summed E-state index contributed by atoms with van der Waals surface area (Å²) in [5.74, 6) is -1.19. The molecule has 1 N–H and O–H groups in total. The number of carboxylic acids is 1. The summed E-state index contributed by atoms with van der Waals surface area (Å²) in [6, 6.07) is 3.50. The zero-order valence-electron chi connectivity index (χ0n) is 11.4. The van der Waals surface area contributed by atoms with Crippen LogP contribution in [0.2, 0.25) is 0 Å². The first-order valence-corrected chi connectivity index (χ1v) is 6.36. The molecule has 0 radical (unpaired) electrons. The lowest BCUT2D eigenvalue weighted by Crippen LogP contribution is -2.50. The normalized spacial score (nSPS) is 22.6. The van der Waals surface area contributed by atoms with E-state index < -0.39 is 11.5 Å². The maximum absolute atomic E-state index is 12.5. The summed E-state index contributed by atoms with van der Waals surface area (Å²) in [7, 11) is 0. The van der Waals surface area contributed by atoms with Crippen LogP contribution in [-0.4, -0.2) is 39.0 Å². The van der Waals surface area contributed by atoms with Gasteiger partial charge in [0, 0.05) is 12.2 Å². The summed E-state index contributed by atoms with van der Waals surface area (Å²) in [4.78, 5) is 29.6. The maximum Gasteiger partial charge on any atom is 0.329 e. The lowest BCUT2D eigenvalue weighted by atomic mass is 9.98. The molecule has 0 aromatic carbocycles. The van der Waals surface area contributed by atoms with Gasteiger partial charge in [0.05, 0.1) is 11.3 Å². The SMILES string of the molecule is Cc1ccc(C(=O)N2CCCC2(C)C(=O)O)c(C)n1. The van der Waals surface area contributed by atoms with Gasteiger partial charge in [-0.15, -0.1) is 0 Å². The smallest absolute Gasteiger partial charge is 0.329 e. The van der Waals surface area contributed by atoms with E-state index in [9.17, 15) is 14.7 Å². The van der Waals surface area contributed by atoms with Crippen LogP contribution in [0, 0.1) is 13.8 Å². The number of hydrogen-bond acceptors (Lipinski definition) is 3. The van der Waals surface area contributed by atoms with Crippen LogP contribution < -0.4 is 0 Å². The highest BCUT2D eigenvalue weighted by Gasteiger charge is 2.46. The van der Waals surface area contributed by atoms with Crippen molar-refractivity contribution in [3.63, 3.8) is 0 Å². The van der Waals surface area contributed by atoms with Gasteiger partial charge in [-0.2, -0.15) is 0 Å². The maximum atomic E-state index is 12.5. The number of aromatic nitrogens is 1. The van der Waals surface area contributed by atoms with Crippen molar-refractivity contribution in [3.05, 3.63) is 29.1 Å². The zero-order valence-corrected chi connectivity index (χ0v) is 11.4. The van der Waals surface area contributed by atoms with Gasteiger partial charge in [-0.05, 0) is 45.7 Å². The van der Waals surface area contributed by atoms with Crippen molar-refractivity contribution in [2.45, 2.75) is 39.2 Å². The molecular formula is C14H18N2O3. The van der Waals surface area contributed by atoms with Crippen LogP contribution in [0.1, 0.15) is 41.5 Å². The quantitative estimate of drug-likeness (QED) is 0.882. The average molecular weight is 262 g/mol. The van der Waals surface area contributed by atoms with Crippen LogP contribution in [0.5, 0.6) is 0 Å². The fourth-order valence-electron chi connectivity index (χ4n) is 2.57. The molecule has 1 aromatic rings. The van der Waals surface area contributed by atoms with Crippen LogP contribution in [0.15, 0.2) is 12.1 Å². The molecule has 1 atom stereocenters. The third-order valence-corrected chi connectivity index (χ3v) is 3.80. The van der Waals surface area contributed by atoms with Gasteiger partial charge < -0.3 is 10.0 Å². The monoisotopic (exact) mass is 262 g/mol. The second-order valence-electron chi connectivity index (χ2n) is 5.22. The fourth-order valence-corrected chi connectivity index (χ4v) is 2.57. The van der Waals surface area contributed by atoms with E-state index in [4.69, 9.17) is 0 Å². The number of pyridine rings is 1. The topological polar surface area (TPSA) is 70.5 Å². The highest BCUT2D eigenvalue weighted by Crippen LogP contribution is 2.31. The van der Waals surface area contributed by atoms with Gasteiger partial charge in [0.15, 0.2) is 0 Å². The van der Waals surface area contributed by atoms with E-state index in [1.165, 1.54) is 4.90 Å². The third kappa shape index (κ3) is 2.20. The summed E-state index contributed by atoms with van der Waals surface area (Å²) >= 11 is 0. The lowest BCUT2D eigenvalue weighted by molar-refractivity contribution is -0.147. The Hall–Kier alpha value is -1.91. The third-order valence-electron chi connectivity index (χ3n) is 3.80. The number of amides is 1. The minimum Gasteiger partial charge on any atom is -0.480 e. The van der Waals surface area contributed by atoms with Crippen molar-refractivity contribution in [2.24, 2.45) is 0 Å². The first-order chi connectivity index (χ1) is 8.86. The van der Waals surface area contributed by atoms with E-state index in [0.717, 1.165) is 5.69 Å². The van der Waals surface area contributed by atoms with Gasteiger partial charge in [0.2, 0.25) is 0 Å². The second kappa shape index (κ2) is 4.64. The first-order valence-electron chi connectivity index (χ1n) is 6.36. The zero-order chi connectivity index (χ0) is 14.2. The predicted molar refractivity (Wildman–Crippen MR) is 70.0 cm³/mol. The molecule has 2 heterocycles. The molecule has 5 nitrogen and oxygen atoms in total. The molecule has 1 unspecified atom stereocenters. The molecule has 1 aliphatic rings. The molecule has 102 valence electrons. The highest BCUT2D eigenvalue weighted by molar-refractivity contribution is 5.98. The molecule has 1 aromatic heterocycles. The van der Waals surface area contributed by atoms with Crippen molar-refractivity contribution in [2.75, 3.05) is 6.54 Å². The van der Waals surface area contributed by atoms with Gasteiger partial charge >= 0.3 is 5.97 Å². The van der Waals surface area contributed by atoms with Crippen LogP contribution in [0.25, 0.3) is 0 Å². The standard InChI is InChI=1S/C14H18N2O3/c1-9-5-6-11(10(2)15-9)12(17)16-8-4-7-14(16,3)13(18)19/h5-6H,4,7-8H2,1-3H3,(H,18,19). The van der Waals surface area contributed by atoms with Gasteiger partial charge in [-0.1, -0.05) is 0 Å². The Morgan fingerprint density at radius 1 is 1.37 bits per heavy atom. The van der Waals surface area contributed by atoms with Crippen molar-refractivity contribution in [1.82, 2.24) is 9.88 Å². The van der Waals surface area contributed by atoms with Crippen LogP contribution in [0.3, 0.4) is 0 Å². The number of carbonyl (C=O) groups is 2. The number of rotatable bonds is 2. The van der Waals surface area contributed by atoms with Crippen molar-refractivity contribution in [3.8, 4) is 0 Å². The number of nitrogens with zero attached hydrogens (tertiary/aromatic N) is 2. The van der Waals surface area contributed by atoms with E-state index >= 15 is 0 Å². The number of carbonyl (C=O) groups excluding carboxylic acids is 1. The van der Waals surface area contributed by atoms with Crippen LogP contribution in [-0.2, 0) is 4.79 Å². The minimum absolute atomic E-state index is 0.243. The number of aliphatic carboxylic acids is 1. The van der Waals surface area contributed by atoms with Crippen molar-refractivity contribution < 1.29 is 14.7 Å². The Kier molecular flexibility index (Phi) is 3.30. The predicted octanol–water partition coefficient (Wildman–Crippen LogP) is 1.78. The number of hydrogen-bond donors (Lipinski definition) is 1. The lowest BCUT2D eigenvalue weighted by Gasteiger charge is -2.31. The van der Waals surface area contributed by atoms with Crippen molar-refractivity contribution in [1.29, 1.82) is 0 Å². The Bertz CT molecular complexity index is 541. The Balaban J connectivity index is 2.36. The molecule has 1 fully saturated rings. The molecule has 1 amide bonds. The molecule has 0 bridgehead atoms. The largest absolute Gasteiger partial charge is 0.480 e. The Morgan fingerprint density at radius 3 is 2.63 bits per heavy atom. The summed E-state index contributed by atoms with van der Waals surface area (Å²) < 4.78 is 0. The minimum atomic E-state index is -1.10. The summed E-state index contributed by atoms with van der Waals surface area (Å²) in [5.41, 5.74) is 0.870. The Labute approximate surface area is 112 Å². The summed E-state index contributed by atoms with van der Waals surface area (Å²) in [6.07, 6.45) is 1.21. The molecule has 0 saturated carbocycles. The Morgan fingerprint density at radius 2 is 2.05 bits per heavy atom. The number of carboxylic acid groups (broad SMARTS) is 1.